The topological polar surface area (TPSA) is 50.4 Å². The van der Waals surface area contributed by atoms with Crippen LogP contribution in [-0.4, -0.2) is 37.7 Å². The summed E-state index contributed by atoms with van der Waals surface area (Å²) in [6.45, 7) is 6.96. The molecule has 1 aliphatic carbocycles. The molecule has 1 aliphatic heterocycles. The van der Waals surface area contributed by atoms with Crippen molar-refractivity contribution in [1.82, 2.24) is 10.6 Å². The molecule has 0 spiro atoms. The van der Waals surface area contributed by atoms with Crippen LogP contribution in [0.3, 0.4) is 0 Å². The summed E-state index contributed by atoms with van der Waals surface area (Å²) in [5, 5.41) is 6.45. The number of halogens is 1. The van der Waals surface area contributed by atoms with Gasteiger partial charge in [-0.2, -0.15) is 0 Å². The quantitative estimate of drug-likeness (QED) is 0.832. The van der Waals surface area contributed by atoms with Crippen LogP contribution in [0, 0.1) is 11.8 Å². The number of hydrogen-bond acceptors (Lipinski definition) is 3. The number of carbonyl (C=O) groups excluding carboxylic acids is 1. The van der Waals surface area contributed by atoms with Gasteiger partial charge in [0.15, 0.2) is 0 Å². The van der Waals surface area contributed by atoms with Crippen LogP contribution in [0.15, 0.2) is 0 Å². The third-order valence-corrected chi connectivity index (χ3v) is 4.47. The lowest BCUT2D eigenvalue weighted by Crippen LogP contribution is -2.46. The van der Waals surface area contributed by atoms with Crippen LogP contribution in [0.1, 0.15) is 39.5 Å². The van der Waals surface area contributed by atoms with Gasteiger partial charge in [-0.05, 0) is 18.3 Å². The van der Waals surface area contributed by atoms with Gasteiger partial charge in [0.1, 0.15) is 0 Å². The first-order chi connectivity index (χ1) is 8.66. The van der Waals surface area contributed by atoms with Crippen molar-refractivity contribution < 1.29 is 9.53 Å². The van der Waals surface area contributed by atoms with Crippen molar-refractivity contribution in [3.63, 3.8) is 0 Å². The third kappa shape index (κ3) is 4.93. The van der Waals surface area contributed by atoms with Gasteiger partial charge in [0.2, 0.25) is 5.91 Å². The lowest BCUT2D eigenvalue weighted by molar-refractivity contribution is -0.125. The number of ether oxygens (including phenoxy) is 1. The number of amides is 1. The Bertz CT molecular complexity index is 283. The Morgan fingerprint density at radius 2 is 2.16 bits per heavy atom. The molecular formula is C14H27ClN2O2. The fraction of sp³-hybridized carbons (Fsp3) is 0.929. The summed E-state index contributed by atoms with van der Waals surface area (Å²) in [4.78, 5) is 12.0. The summed E-state index contributed by atoms with van der Waals surface area (Å²) >= 11 is 0. The van der Waals surface area contributed by atoms with Gasteiger partial charge < -0.3 is 15.4 Å². The first kappa shape index (κ1) is 16.7. The predicted molar refractivity (Wildman–Crippen MR) is 78.6 cm³/mol. The zero-order valence-corrected chi connectivity index (χ0v) is 12.8. The fourth-order valence-corrected chi connectivity index (χ4v) is 3.01. The van der Waals surface area contributed by atoms with Crippen molar-refractivity contribution in [3.8, 4) is 0 Å². The van der Waals surface area contributed by atoms with E-state index in [1.54, 1.807) is 0 Å². The molecule has 2 N–H and O–H groups in total. The van der Waals surface area contributed by atoms with Gasteiger partial charge >= 0.3 is 0 Å². The minimum Gasteiger partial charge on any atom is -0.375 e. The molecule has 1 heterocycles. The Morgan fingerprint density at radius 1 is 1.37 bits per heavy atom. The van der Waals surface area contributed by atoms with E-state index in [1.807, 2.05) is 0 Å². The molecule has 1 saturated heterocycles. The summed E-state index contributed by atoms with van der Waals surface area (Å²) in [6, 6.07) is 0.359. The second-order valence-corrected chi connectivity index (χ2v) is 5.84. The maximum Gasteiger partial charge on any atom is 0.222 e. The molecule has 1 amide bonds. The van der Waals surface area contributed by atoms with Crippen LogP contribution in [0.2, 0.25) is 0 Å². The number of rotatable bonds is 3. The van der Waals surface area contributed by atoms with E-state index in [9.17, 15) is 4.79 Å². The van der Waals surface area contributed by atoms with Crippen molar-refractivity contribution >= 4 is 18.3 Å². The zero-order valence-electron chi connectivity index (χ0n) is 12.0. The van der Waals surface area contributed by atoms with Gasteiger partial charge in [-0.3, -0.25) is 4.79 Å². The summed E-state index contributed by atoms with van der Waals surface area (Å²) in [6.07, 6.45) is 4.20. The summed E-state index contributed by atoms with van der Waals surface area (Å²) in [5.74, 6) is 1.46. The molecule has 0 aromatic heterocycles. The number of morpholine rings is 1. The highest BCUT2D eigenvalue weighted by Crippen LogP contribution is 2.29. The molecule has 4 unspecified atom stereocenters. The standard InChI is InChI=1S/C14H26N2O2.ClH/c1-10-4-3-5-13(11(10)2)16-14(17)8-12-9-15-6-7-18-12;/h10-13,15H,3-9H2,1-2H3,(H,16,17);1H. The van der Waals surface area contributed by atoms with Gasteiger partial charge in [-0.15, -0.1) is 12.4 Å². The van der Waals surface area contributed by atoms with Crippen molar-refractivity contribution in [2.45, 2.75) is 51.7 Å². The summed E-state index contributed by atoms with van der Waals surface area (Å²) in [7, 11) is 0. The second-order valence-electron chi connectivity index (χ2n) is 5.84. The van der Waals surface area contributed by atoms with E-state index in [-0.39, 0.29) is 24.4 Å². The Labute approximate surface area is 122 Å². The predicted octanol–water partition coefficient (Wildman–Crippen LogP) is 1.73. The van der Waals surface area contributed by atoms with E-state index in [0.29, 0.717) is 18.4 Å². The van der Waals surface area contributed by atoms with E-state index in [2.05, 4.69) is 24.5 Å². The smallest absolute Gasteiger partial charge is 0.222 e. The van der Waals surface area contributed by atoms with Crippen molar-refractivity contribution in [2.24, 2.45) is 11.8 Å². The molecule has 2 rings (SSSR count). The molecule has 0 bridgehead atoms. The maximum atomic E-state index is 12.0. The third-order valence-electron chi connectivity index (χ3n) is 4.47. The molecule has 2 fully saturated rings. The fourth-order valence-electron chi connectivity index (χ4n) is 3.01. The van der Waals surface area contributed by atoms with Crippen LogP contribution < -0.4 is 10.6 Å². The lowest BCUT2D eigenvalue weighted by atomic mass is 9.78. The van der Waals surface area contributed by atoms with E-state index < -0.39 is 0 Å². The molecule has 0 aromatic rings. The van der Waals surface area contributed by atoms with Gasteiger partial charge in [-0.1, -0.05) is 26.7 Å². The average Bonchev–Trinajstić information content (AvgIpc) is 2.36. The Hall–Kier alpha value is -0.320. The van der Waals surface area contributed by atoms with Crippen molar-refractivity contribution in [2.75, 3.05) is 19.7 Å². The van der Waals surface area contributed by atoms with E-state index >= 15 is 0 Å². The van der Waals surface area contributed by atoms with Gasteiger partial charge in [-0.25, -0.2) is 0 Å². The second kappa shape index (κ2) is 8.08. The Balaban J connectivity index is 0.00000180. The van der Waals surface area contributed by atoms with Crippen LogP contribution in [0.25, 0.3) is 0 Å². The lowest BCUT2D eigenvalue weighted by Gasteiger charge is -2.35. The molecular weight excluding hydrogens is 264 g/mol. The largest absolute Gasteiger partial charge is 0.375 e. The molecule has 1 saturated carbocycles. The van der Waals surface area contributed by atoms with Gasteiger partial charge in [0.05, 0.1) is 19.1 Å². The highest BCUT2D eigenvalue weighted by Gasteiger charge is 2.28. The highest BCUT2D eigenvalue weighted by atomic mass is 35.5. The molecule has 0 radical (unpaired) electrons. The molecule has 4 nitrogen and oxygen atoms in total. The average molecular weight is 291 g/mol. The number of nitrogens with one attached hydrogen (secondary N) is 2. The van der Waals surface area contributed by atoms with Gasteiger partial charge in [0, 0.05) is 19.1 Å². The minimum atomic E-state index is 0. The minimum absolute atomic E-state index is 0. The van der Waals surface area contributed by atoms with Crippen LogP contribution in [0.4, 0.5) is 0 Å². The maximum absolute atomic E-state index is 12.0. The van der Waals surface area contributed by atoms with E-state index in [4.69, 9.17) is 4.74 Å². The first-order valence-electron chi connectivity index (χ1n) is 7.28. The van der Waals surface area contributed by atoms with Gasteiger partial charge in [0.25, 0.3) is 0 Å². The molecule has 5 heteroatoms. The van der Waals surface area contributed by atoms with Crippen molar-refractivity contribution in [1.29, 1.82) is 0 Å². The number of hydrogen-bond donors (Lipinski definition) is 2. The molecule has 2 aliphatic rings. The molecule has 4 atom stereocenters. The van der Waals surface area contributed by atoms with Crippen LogP contribution in [0.5, 0.6) is 0 Å². The normalized spacial score (nSPS) is 35.3. The number of carbonyl (C=O) groups is 1. The highest BCUT2D eigenvalue weighted by molar-refractivity contribution is 5.85. The molecule has 19 heavy (non-hydrogen) atoms. The zero-order chi connectivity index (χ0) is 13.0. The molecule has 112 valence electrons. The van der Waals surface area contributed by atoms with E-state index in [1.165, 1.54) is 12.8 Å². The Kier molecular flexibility index (Phi) is 7.11. The monoisotopic (exact) mass is 290 g/mol. The summed E-state index contributed by atoms with van der Waals surface area (Å²) < 4.78 is 5.56. The summed E-state index contributed by atoms with van der Waals surface area (Å²) in [5.41, 5.74) is 0. The van der Waals surface area contributed by atoms with E-state index in [0.717, 1.165) is 32.0 Å². The Morgan fingerprint density at radius 3 is 2.84 bits per heavy atom. The first-order valence-corrected chi connectivity index (χ1v) is 7.28. The van der Waals surface area contributed by atoms with Crippen LogP contribution >= 0.6 is 12.4 Å². The SMILES string of the molecule is CC1CCCC(NC(=O)CC2CNCCO2)C1C.Cl. The van der Waals surface area contributed by atoms with Crippen LogP contribution in [-0.2, 0) is 9.53 Å². The van der Waals surface area contributed by atoms with Crippen molar-refractivity contribution in [3.05, 3.63) is 0 Å². The molecule has 0 aromatic carbocycles.